The molecule has 0 saturated heterocycles. The molecule has 0 unspecified atom stereocenters. The van der Waals surface area contributed by atoms with E-state index in [1.165, 1.54) is 6.92 Å². The molecule has 1 rings (SSSR count). The predicted octanol–water partition coefficient (Wildman–Crippen LogP) is 2.14. The third-order valence-electron chi connectivity index (χ3n) is 1.63. The van der Waals surface area contributed by atoms with Gasteiger partial charge in [-0.1, -0.05) is 11.6 Å². The van der Waals surface area contributed by atoms with Gasteiger partial charge in [-0.25, -0.2) is 9.18 Å². The van der Waals surface area contributed by atoms with Gasteiger partial charge in [-0.05, 0) is 12.1 Å². The normalized spacial score (nSPS) is 9.80. The number of hydrogen-bond donors (Lipinski definition) is 2. The molecule has 1 aromatic carbocycles. The molecule has 0 fully saturated rings. The second-order valence-corrected chi connectivity index (χ2v) is 3.15. The first-order valence-electron chi connectivity index (χ1n) is 3.92. The molecule has 0 radical (unpaired) electrons. The molecule has 0 aromatic heterocycles. The molecule has 0 atom stereocenters. The molecule has 6 heteroatoms. The molecular formula is C9H7ClFNO3. The lowest BCUT2D eigenvalue weighted by molar-refractivity contribution is -0.114. The van der Waals surface area contributed by atoms with Gasteiger partial charge in [-0.15, -0.1) is 0 Å². The zero-order valence-electron chi connectivity index (χ0n) is 7.67. The first-order valence-corrected chi connectivity index (χ1v) is 4.30. The second kappa shape index (κ2) is 4.27. The van der Waals surface area contributed by atoms with E-state index in [9.17, 15) is 14.0 Å². The average Bonchev–Trinajstić information content (AvgIpc) is 2.12. The van der Waals surface area contributed by atoms with Crippen molar-refractivity contribution in [1.29, 1.82) is 0 Å². The smallest absolute Gasteiger partial charge is 0.337 e. The molecule has 0 bridgehead atoms. The number of aromatic carboxylic acids is 1. The van der Waals surface area contributed by atoms with Crippen LogP contribution in [-0.2, 0) is 4.79 Å². The largest absolute Gasteiger partial charge is 0.478 e. The van der Waals surface area contributed by atoms with Gasteiger partial charge in [-0.3, -0.25) is 4.79 Å². The van der Waals surface area contributed by atoms with E-state index in [2.05, 4.69) is 5.32 Å². The highest BCUT2D eigenvalue weighted by atomic mass is 35.5. The first kappa shape index (κ1) is 11.5. The summed E-state index contributed by atoms with van der Waals surface area (Å²) in [7, 11) is 0. The highest BCUT2D eigenvalue weighted by Crippen LogP contribution is 2.28. The minimum absolute atomic E-state index is 0.225. The van der Waals surface area contributed by atoms with E-state index in [4.69, 9.17) is 16.7 Å². The summed E-state index contributed by atoms with van der Waals surface area (Å²) in [4.78, 5) is 21.5. The Bertz CT molecular complexity index is 434. The van der Waals surface area contributed by atoms with Crippen molar-refractivity contribution in [2.45, 2.75) is 6.92 Å². The maximum Gasteiger partial charge on any atom is 0.337 e. The minimum atomic E-state index is -1.29. The van der Waals surface area contributed by atoms with Crippen LogP contribution in [0.3, 0.4) is 0 Å². The summed E-state index contributed by atoms with van der Waals surface area (Å²) >= 11 is 5.53. The summed E-state index contributed by atoms with van der Waals surface area (Å²) in [6.07, 6.45) is 0. The molecule has 4 nitrogen and oxygen atoms in total. The molecule has 0 saturated carbocycles. The van der Waals surface area contributed by atoms with Gasteiger partial charge in [-0.2, -0.15) is 0 Å². The molecule has 2 N–H and O–H groups in total. The van der Waals surface area contributed by atoms with Gasteiger partial charge in [0.15, 0.2) is 0 Å². The molecule has 80 valence electrons. The van der Waals surface area contributed by atoms with Gasteiger partial charge in [0.2, 0.25) is 5.91 Å². The maximum atomic E-state index is 13.0. The van der Waals surface area contributed by atoms with Crippen molar-refractivity contribution in [3.8, 4) is 0 Å². The average molecular weight is 232 g/mol. The highest BCUT2D eigenvalue weighted by molar-refractivity contribution is 6.34. The van der Waals surface area contributed by atoms with Crippen LogP contribution < -0.4 is 5.32 Å². The van der Waals surface area contributed by atoms with Gasteiger partial charge in [0.1, 0.15) is 10.8 Å². The van der Waals surface area contributed by atoms with Crippen molar-refractivity contribution in [3.05, 3.63) is 28.5 Å². The number of amides is 1. The molecule has 0 aliphatic carbocycles. The number of carbonyl (C=O) groups is 2. The van der Waals surface area contributed by atoms with E-state index in [0.29, 0.717) is 0 Å². The number of carbonyl (C=O) groups excluding carboxylic acids is 1. The van der Waals surface area contributed by atoms with Crippen LogP contribution in [-0.4, -0.2) is 17.0 Å². The molecule has 0 aliphatic rings. The highest BCUT2D eigenvalue weighted by Gasteiger charge is 2.17. The number of nitrogens with one attached hydrogen (secondary N) is 1. The van der Waals surface area contributed by atoms with Crippen LogP contribution in [0.4, 0.5) is 10.1 Å². The molecular weight excluding hydrogens is 225 g/mol. The summed E-state index contributed by atoms with van der Waals surface area (Å²) in [5, 5.41) is 10.5. The Labute approximate surface area is 89.7 Å². The third-order valence-corrected chi connectivity index (χ3v) is 2.00. The summed E-state index contributed by atoms with van der Waals surface area (Å²) < 4.78 is 13.0. The van der Waals surface area contributed by atoms with E-state index in [0.717, 1.165) is 12.1 Å². The standard InChI is InChI=1S/C9H7ClFNO3/c1-4(13)12-8-5(9(14)15)2-3-6(11)7(8)10/h2-3H,1H3,(H,12,13)(H,14,15). The zero-order valence-corrected chi connectivity index (χ0v) is 8.43. The molecule has 15 heavy (non-hydrogen) atoms. The first-order chi connectivity index (χ1) is 6.93. The van der Waals surface area contributed by atoms with Crippen LogP contribution in [0.5, 0.6) is 0 Å². The van der Waals surface area contributed by atoms with E-state index >= 15 is 0 Å². The quantitative estimate of drug-likeness (QED) is 0.820. The lowest BCUT2D eigenvalue weighted by atomic mass is 10.1. The third kappa shape index (κ3) is 2.44. The Balaban J connectivity index is 3.34. The van der Waals surface area contributed by atoms with Crippen molar-refractivity contribution < 1.29 is 19.1 Å². The topological polar surface area (TPSA) is 66.4 Å². The fraction of sp³-hybridized carbons (Fsp3) is 0.111. The summed E-state index contributed by atoms with van der Waals surface area (Å²) in [6.45, 7) is 1.17. The van der Waals surface area contributed by atoms with E-state index in [1.807, 2.05) is 0 Å². The summed E-state index contributed by atoms with van der Waals surface area (Å²) in [6, 6.07) is 1.96. The fourth-order valence-corrected chi connectivity index (χ4v) is 1.24. The van der Waals surface area contributed by atoms with Gasteiger partial charge in [0.05, 0.1) is 11.3 Å². The summed E-state index contributed by atoms with van der Waals surface area (Å²) in [5.74, 6) is -2.60. The van der Waals surface area contributed by atoms with E-state index < -0.39 is 22.7 Å². The lowest BCUT2D eigenvalue weighted by Gasteiger charge is -2.08. The van der Waals surface area contributed by atoms with Crippen LogP contribution in [0.1, 0.15) is 17.3 Å². The van der Waals surface area contributed by atoms with Crippen LogP contribution >= 0.6 is 11.6 Å². The number of halogens is 2. The molecule has 0 spiro atoms. The van der Waals surface area contributed by atoms with Crippen LogP contribution in [0.2, 0.25) is 5.02 Å². The second-order valence-electron chi connectivity index (χ2n) is 2.77. The number of carboxylic acid groups (broad SMARTS) is 1. The molecule has 0 aliphatic heterocycles. The van der Waals surface area contributed by atoms with E-state index in [1.54, 1.807) is 0 Å². The van der Waals surface area contributed by atoms with Crippen LogP contribution in [0.15, 0.2) is 12.1 Å². The monoisotopic (exact) mass is 231 g/mol. The van der Waals surface area contributed by atoms with Crippen LogP contribution in [0, 0.1) is 5.82 Å². The van der Waals surface area contributed by atoms with Gasteiger partial charge < -0.3 is 10.4 Å². The van der Waals surface area contributed by atoms with Crippen molar-refractivity contribution in [2.75, 3.05) is 5.32 Å². The lowest BCUT2D eigenvalue weighted by Crippen LogP contribution is -2.12. The number of benzene rings is 1. The Morgan fingerprint density at radius 1 is 1.47 bits per heavy atom. The maximum absolute atomic E-state index is 13.0. The summed E-state index contributed by atoms with van der Waals surface area (Å²) in [5.41, 5.74) is -0.478. The number of carboxylic acids is 1. The van der Waals surface area contributed by atoms with Crippen molar-refractivity contribution in [1.82, 2.24) is 0 Å². The van der Waals surface area contributed by atoms with Crippen LogP contribution in [0.25, 0.3) is 0 Å². The van der Waals surface area contributed by atoms with Gasteiger partial charge in [0.25, 0.3) is 0 Å². The van der Waals surface area contributed by atoms with E-state index in [-0.39, 0.29) is 11.3 Å². The van der Waals surface area contributed by atoms with Crippen molar-refractivity contribution in [3.63, 3.8) is 0 Å². The fourth-order valence-electron chi connectivity index (χ4n) is 1.03. The van der Waals surface area contributed by atoms with Crippen molar-refractivity contribution in [2.24, 2.45) is 0 Å². The minimum Gasteiger partial charge on any atom is -0.478 e. The van der Waals surface area contributed by atoms with Gasteiger partial charge in [0, 0.05) is 6.92 Å². The number of hydrogen-bond acceptors (Lipinski definition) is 2. The Hall–Kier alpha value is -1.62. The Kier molecular flexibility index (Phi) is 3.26. The molecule has 1 amide bonds. The molecule has 0 heterocycles. The SMILES string of the molecule is CC(=O)Nc1c(C(=O)O)ccc(F)c1Cl. The number of rotatable bonds is 2. The predicted molar refractivity (Wildman–Crippen MR) is 52.7 cm³/mol. The zero-order chi connectivity index (χ0) is 11.6. The van der Waals surface area contributed by atoms with Gasteiger partial charge >= 0.3 is 5.97 Å². The Morgan fingerprint density at radius 2 is 2.07 bits per heavy atom. The number of anilines is 1. The molecule has 1 aromatic rings. The van der Waals surface area contributed by atoms with Crippen molar-refractivity contribution >= 4 is 29.2 Å². The Morgan fingerprint density at radius 3 is 2.53 bits per heavy atom.